The van der Waals surface area contributed by atoms with Gasteiger partial charge in [-0.05, 0) is 19.8 Å². The zero-order chi connectivity index (χ0) is 7.56. The van der Waals surface area contributed by atoms with Gasteiger partial charge in [-0.15, -0.1) is 0 Å². The Balaban J connectivity index is 2.18. The van der Waals surface area contributed by atoms with Crippen LogP contribution in [-0.2, 0) is 4.79 Å². The van der Waals surface area contributed by atoms with Crippen molar-refractivity contribution in [3.05, 3.63) is 0 Å². The SMILES string of the molecule is CCNC(=O)[C@H]1C[C@H](N)C1. The lowest BCUT2D eigenvalue weighted by atomic mass is 9.80. The van der Waals surface area contributed by atoms with Crippen LogP contribution >= 0.6 is 0 Å². The third-order valence-corrected chi connectivity index (χ3v) is 1.90. The van der Waals surface area contributed by atoms with Crippen LogP contribution in [0.1, 0.15) is 19.8 Å². The van der Waals surface area contributed by atoms with Crippen LogP contribution in [0.4, 0.5) is 0 Å². The van der Waals surface area contributed by atoms with Crippen LogP contribution in [0, 0.1) is 5.92 Å². The molecular formula is C7H14N2O. The zero-order valence-electron chi connectivity index (χ0n) is 6.26. The topological polar surface area (TPSA) is 55.1 Å². The molecule has 3 N–H and O–H groups in total. The van der Waals surface area contributed by atoms with E-state index in [1.54, 1.807) is 0 Å². The van der Waals surface area contributed by atoms with Crippen LogP contribution in [0.2, 0.25) is 0 Å². The molecule has 0 bridgehead atoms. The third-order valence-electron chi connectivity index (χ3n) is 1.90. The number of carbonyl (C=O) groups excluding carboxylic acids is 1. The van der Waals surface area contributed by atoms with Crippen molar-refractivity contribution in [3.8, 4) is 0 Å². The van der Waals surface area contributed by atoms with Gasteiger partial charge in [-0.1, -0.05) is 0 Å². The molecule has 0 aliphatic heterocycles. The average Bonchev–Trinajstić information content (AvgIpc) is 1.82. The molecular weight excluding hydrogens is 128 g/mol. The number of nitrogens with one attached hydrogen (secondary N) is 1. The third kappa shape index (κ3) is 1.48. The smallest absolute Gasteiger partial charge is 0.223 e. The first-order chi connectivity index (χ1) is 4.74. The van der Waals surface area contributed by atoms with Crippen LogP contribution in [0.15, 0.2) is 0 Å². The van der Waals surface area contributed by atoms with Crippen molar-refractivity contribution in [1.82, 2.24) is 5.32 Å². The first-order valence-electron chi connectivity index (χ1n) is 3.77. The molecule has 58 valence electrons. The van der Waals surface area contributed by atoms with Gasteiger partial charge in [-0.25, -0.2) is 0 Å². The molecule has 1 saturated carbocycles. The largest absolute Gasteiger partial charge is 0.356 e. The van der Waals surface area contributed by atoms with E-state index < -0.39 is 0 Å². The minimum absolute atomic E-state index is 0.171. The standard InChI is InChI=1S/C7H14N2O/c1-2-9-7(10)5-3-6(8)4-5/h5-6H,2-4,8H2,1H3,(H,9,10)/t5-,6-. The number of amides is 1. The Bertz CT molecular complexity index is 130. The van der Waals surface area contributed by atoms with Crippen molar-refractivity contribution in [2.45, 2.75) is 25.8 Å². The van der Waals surface area contributed by atoms with Crippen molar-refractivity contribution in [1.29, 1.82) is 0 Å². The van der Waals surface area contributed by atoms with Gasteiger partial charge in [0, 0.05) is 18.5 Å². The van der Waals surface area contributed by atoms with Gasteiger partial charge in [-0.2, -0.15) is 0 Å². The molecule has 0 atom stereocenters. The average molecular weight is 142 g/mol. The Labute approximate surface area is 61.0 Å². The van der Waals surface area contributed by atoms with Crippen LogP contribution in [0.3, 0.4) is 0 Å². The molecule has 0 aromatic carbocycles. The number of hydrogen-bond acceptors (Lipinski definition) is 2. The summed E-state index contributed by atoms with van der Waals surface area (Å²) in [6.45, 7) is 2.65. The fourth-order valence-corrected chi connectivity index (χ4v) is 1.19. The van der Waals surface area contributed by atoms with Gasteiger partial charge in [0.15, 0.2) is 0 Å². The maximum atomic E-state index is 11.0. The molecule has 1 aliphatic carbocycles. The molecule has 3 nitrogen and oxygen atoms in total. The maximum absolute atomic E-state index is 11.0. The van der Waals surface area contributed by atoms with Crippen molar-refractivity contribution in [2.75, 3.05) is 6.54 Å². The predicted molar refractivity (Wildman–Crippen MR) is 39.4 cm³/mol. The minimum Gasteiger partial charge on any atom is -0.356 e. The van der Waals surface area contributed by atoms with Crippen LogP contribution < -0.4 is 11.1 Å². The summed E-state index contributed by atoms with van der Waals surface area (Å²) in [6, 6.07) is 0.271. The Morgan fingerprint density at radius 2 is 2.30 bits per heavy atom. The Hall–Kier alpha value is -0.570. The zero-order valence-corrected chi connectivity index (χ0v) is 6.26. The summed E-state index contributed by atoms with van der Waals surface area (Å²) in [4.78, 5) is 11.0. The summed E-state index contributed by atoms with van der Waals surface area (Å²) in [5.74, 6) is 0.374. The van der Waals surface area contributed by atoms with Gasteiger partial charge in [0.1, 0.15) is 0 Å². The lowest BCUT2D eigenvalue weighted by Crippen LogP contribution is -2.44. The van der Waals surface area contributed by atoms with Crippen molar-refractivity contribution < 1.29 is 4.79 Å². The second kappa shape index (κ2) is 3.01. The van der Waals surface area contributed by atoms with Gasteiger partial charge in [0.25, 0.3) is 0 Å². The first-order valence-corrected chi connectivity index (χ1v) is 3.77. The number of rotatable bonds is 2. The Morgan fingerprint density at radius 1 is 1.70 bits per heavy atom. The fourth-order valence-electron chi connectivity index (χ4n) is 1.19. The van der Waals surface area contributed by atoms with E-state index in [-0.39, 0.29) is 17.9 Å². The molecule has 0 saturated heterocycles. The number of carbonyl (C=O) groups is 1. The fraction of sp³-hybridized carbons (Fsp3) is 0.857. The number of hydrogen-bond donors (Lipinski definition) is 2. The molecule has 1 amide bonds. The normalized spacial score (nSPS) is 31.0. The molecule has 1 rings (SSSR count). The summed E-state index contributed by atoms with van der Waals surface area (Å²) in [7, 11) is 0. The van der Waals surface area contributed by atoms with E-state index in [1.807, 2.05) is 6.92 Å². The summed E-state index contributed by atoms with van der Waals surface area (Å²) in [6.07, 6.45) is 1.73. The van der Waals surface area contributed by atoms with Crippen molar-refractivity contribution in [2.24, 2.45) is 11.7 Å². The molecule has 3 heteroatoms. The van der Waals surface area contributed by atoms with Gasteiger partial charge in [0.05, 0.1) is 0 Å². The highest BCUT2D eigenvalue weighted by Gasteiger charge is 2.31. The van der Waals surface area contributed by atoms with Crippen LogP contribution in [-0.4, -0.2) is 18.5 Å². The van der Waals surface area contributed by atoms with E-state index in [9.17, 15) is 4.79 Å². The van der Waals surface area contributed by atoms with Crippen molar-refractivity contribution >= 4 is 5.91 Å². The molecule has 0 unspecified atom stereocenters. The lowest BCUT2D eigenvalue weighted by molar-refractivity contribution is -0.127. The highest BCUT2D eigenvalue weighted by Crippen LogP contribution is 2.25. The molecule has 1 fully saturated rings. The van der Waals surface area contributed by atoms with Crippen LogP contribution in [0.5, 0.6) is 0 Å². The molecule has 0 heterocycles. The van der Waals surface area contributed by atoms with Gasteiger partial charge >= 0.3 is 0 Å². The van der Waals surface area contributed by atoms with Crippen molar-refractivity contribution in [3.63, 3.8) is 0 Å². The molecule has 10 heavy (non-hydrogen) atoms. The second-order valence-electron chi connectivity index (χ2n) is 2.82. The summed E-state index contributed by atoms with van der Waals surface area (Å²) < 4.78 is 0. The molecule has 0 radical (unpaired) electrons. The van der Waals surface area contributed by atoms with Crippen LogP contribution in [0.25, 0.3) is 0 Å². The summed E-state index contributed by atoms with van der Waals surface area (Å²) in [5, 5.41) is 2.77. The molecule has 1 aliphatic rings. The Morgan fingerprint density at radius 3 is 2.70 bits per heavy atom. The summed E-state index contributed by atoms with van der Waals surface area (Å²) in [5.41, 5.74) is 5.52. The van der Waals surface area contributed by atoms with E-state index in [2.05, 4.69) is 5.32 Å². The van der Waals surface area contributed by atoms with E-state index in [0.29, 0.717) is 0 Å². The van der Waals surface area contributed by atoms with E-state index >= 15 is 0 Å². The first kappa shape index (κ1) is 7.54. The van der Waals surface area contributed by atoms with E-state index in [4.69, 9.17) is 5.73 Å². The quantitative estimate of drug-likeness (QED) is 0.564. The highest BCUT2D eigenvalue weighted by atomic mass is 16.1. The van der Waals surface area contributed by atoms with Gasteiger partial charge in [0.2, 0.25) is 5.91 Å². The monoisotopic (exact) mass is 142 g/mol. The second-order valence-corrected chi connectivity index (χ2v) is 2.82. The highest BCUT2D eigenvalue weighted by molar-refractivity contribution is 5.79. The summed E-state index contributed by atoms with van der Waals surface area (Å²) >= 11 is 0. The van der Waals surface area contributed by atoms with E-state index in [0.717, 1.165) is 19.4 Å². The maximum Gasteiger partial charge on any atom is 0.223 e. The molecule has 0 aromatic rings. The number of nitrogens with two attached hydrogens (primary N) is 1. The molecule has 0 spiro atoms. The molecule has 0 aromatic heterocycles. The Kier molecular flexibility index (Phi) is 2.27. The van der Waals surface area contributed by atoms with Gasteiger partial charge in [-0.3, -0.25) is 4.79 Å². The minimum atomic E-state index is 0.171. The van der Waals surface area contributed by atoms with Gasteiger partial charge < -0.3 is 11.1 Å². The predicted octanol–water partition coefficient (Wildman–Crippen LogP) is -0.140. The lowest BCUT2D eigenvalue weighted by Gasteiger charge is -2.30. The van der Waals surface area contributed by atoms with E-state index in [1.165, 1.54) is 0 Å².